The van der Waals surface area contributed by atoms with Crippen molar-refractivity contribution in [3.8, 4) is 0 Å². The fourth-order valence-electron chi connectivity index (χ4n) is 2.78. The molecule has 0 spiro atoms. The third-order valence-corrected chi connectivity index (χ3v) is 5.78. The number of sulfonamides is 1. The maximum absolute atomic E-state index is 12.9. The molecule has 5 nitrogen and oxygen atoms in total. The van der Waals surface area contributed by atoms with E-state index in [1.165, 1.54) is 18.2 Å². The number of benzene rings is 2. The minimum Gasteiger partial charge on any atom is -0.324 e. The number of halogens is 4. The zero-order valence-corrected chi connectivity index (χ0v) is 17.5. The summed E-state index contributed by atoms with van der Waals surface area (Å²) in [6.45, 7) is 3.35. The number of amides is 1. The number of alkyl halides is 3. The molecule has 1 N–H and O–H groups in total. The number of nitrogens with one attached hydrogen (secondary N) is 1. The molecule has 1 unspecified atom stereocenters. The zero-order chi connectivity index (χ0) is 22.0. The molecular formula is C19H20ClF3N2O3S. The molecule has 0 radical (unpaired) electrons. The fraction of sp³-hybridized carbons (Fsp3) is 0.316. The molecule has 0 saturated carbocycles. The number of carbonyl (C=O) groups is 1. The molecule has 2 rings (SSSR count). The van der Waals surface area contributed by atoms with E-state index in [0.717, 1.165) is 34.3 Å². The number of aryl methyl sites for hydroxylation is 1. The number of hydrogen-bond donors (Lipinski definition) is 1. The lowest BCUT2D eigenvalue weighted by molar-refractivity contribution is -0.137. The molecule has 0 aliphatic heterocycles. The van der Waals surface area contributed by atoms with Crippen LogP contribution in [0.3, 0.4) is 0 Å². The fourth-order valence-corrected chi connectivity index (χ4v) is 4.16. The molecule has 0 saturated heterocycles. The second-order valence-electron chi connectivity index (χ2n) is 6.48. The number of hydrogen-bond acceptors (Lipinski definition) is 3. The molecule has 10 heteroatoms. The first-order valence-electron chi connectivity index (χ1n) is 8.58. The summed E-state index contributed by atoms with van der Waals surface area (Å²) in [6, 6.07) is 7.51. The topological polar surface area (TPSA) is 66.5 Å². The highest BCUT2D eigenvalue weighted by Crippen LogP contribution is 2.31. The van der Waals surface area contributed by atoms with Gasteiger partial charge in [-0.15, -0.1) is 0 Å². The van der Waals surface area contributed by atoms with Crippen LogP contribution in [0.5, 0.6) is 0 Å². The lowest BCUT2D eigenvalue weighted by Gasteiger charge is -2.30. The third kappa shape index (κ3) is 5.63. The van der Waals surface area contributed by atoms with Gasteiger partial charge in [-0.1, -0.05) is 30.7 Å². The molecule has 0 aliphatic carbocycles. The first-order valence-corrected chi connectivity index (χ1v) is 10.8. The van der Waals surface area contributed by atoms with E-state index in [0.29, 0.717) is 5.02 Å². The lowest BCUT2D eigenvalue weighted by Crippen LogP contribution is -2.47. The van der Waals surface area contributed by atoms with Gasteiger partial charge in [-0.05, 0) is 49.2 Å². The van der Waals surface area contributed by atoms with Gasteiger partial charge < -0.3 is 5.32 Å². The van der Waals surface area contributed by atoms with Crippen molar-refractivity contribution in [3.63, 3.8) is 0 Å². The highest BCUT2D eigenvalue weighted by molar-refractivity contribution is 7.92. The van der Waals surface area contributed by atoms with Crippen molar-refractivity contribution < 1.29 is 26.4 Å². The summed E-state index contributed by atoms with van der Waals surface area (Å²) in [5.41, 5.74) is -0.0909. The van der Waals surface area contributed by atoms with Crippen molar-refractivity contribution in [2.75, 3.05) is 15.9 Å². The van der Waals surface area contributed by atoms with Crippen molar-refractivity contribution in [2.45, 2.75) is 32.5 Å². The van der Waals surface area contributed by atoms with Crippen LogP contribution in [-0.4, -0.2) is 26.6 Å². The highest BCUT2D eigenvalue weighted by Gasteiger charge is 2.33. The predicted octanol–water partition coefficient (Wildman–Crippen LogP) is 4.85. The summed E-state index contributed by atoms with van der Waals surface area (Å²) in [6.07, 6.45) is -3.54. The van der Waals surface area contributed by atoms with Crippen LogP contribution >= 0.6 is 11.6 Å². The molecule has 0 aliphatic rings. The van der Waals surface area contributed by atoms with E-state index in [2.05, 4.69) is 5.32 Å². The Morgan fingerprint density at radius 1 is 1.21 bits per heavy atom. The average Bonchev–Trinajstić information content (AvgIpc) is 2.60. The molecule has 2 aromatic rings. The van der Waals surface area contributed by atoms with E-state index >= 15 is 0 Å². The van der Waals surface area contributed by atoms with Crippen molar-refractivity contribution in [3.05, 3.63) is 58.6 Å². The minimum atomic E-state index is -4.57. The van der Waals surface area contributed by atoms with Crippen molar-refractivity contribution >= 4 is 38.9 Å². The monoisotopic (exact) mass is 448 g/mol. The van der Waals surface area contributed by atoms with Crippen LogP contribution < -0.4 is 9.62 Å². The SMILES string of the molecule is CCC(C(=O)Nc1cccc(C(F)(F)F)c1)N(c1ccc(C)c(Cl)c1)S(C)(=O)=O. The van der Waals surface area contributed by atoms with E-state index in [1.54, 1.807) is 19.9 Å². The van der Waals surface area contributed by atoms with Crippen LogP contribution in [0.15, 0.2) is 42.5 Å². The molecule has 0 fully saturated rings. The summed E-state index contributed by atoms with van der Waals surface area (Å²) in [4.78, 5) is 12.8. The normalized spacial score (nSPS) is 13.1. The Bertz CT molecular complexity index is 1010. The molecule has 29 heavy (non-hydrogen) atoms. The molecule has 1 amide bonds. The van der Waals surface area contributed by atoms with Crippen LogP contribution in [0.25, 0.3) is 0 Å². The molecule has 0 bridgehead atoms. The maximum Gasteiger partial charge on any atom is 0.416 e. The van der Waals surface area contributed by atoms with Crippen LogP contribution in [0.4, 0.5) is 24.5 Å². The summed E-state index contributed by atoms with van der Waals surface area (Å²) < 4.78 is 64.4. The number of carbonyl (C=O) groups excluding carboxylic acids is 1. The summed E-state index contributed by atoms with van der Waals surface area (Å²) in [7, 11) is -3.89. The molecule has 0 aromatic heterocycles. The predicted molar refractivity (Wildman–Crippen MR) is 108 cm³/mol. The van der Waals surface area contributed by atoms with E-state index < -0.39 is 33.7 Å². The second-order valence-corrected chi connectivity index (χ2v) is 8.75. The van der Waals surface area contributed by atoms with Crippen LogP contribution in [0, 0.1) is 6.92 Å². The first-order chi connectivity index (χ1) is 13.3. The van der Waals surface area contributed by atoms with Gasteiger partial charge in [-0.3, -0.25) is 9.10 Å². The lowest BCUT2D eigenvalue weighted by atomic mass is 10.1. The zero-order valence-electron chi connectivity index (χ0n) is 15.9. The van der Waals surface area contributed by atoms with Crippen molar-refractivity contribution in [2.24, 2.45) is 0 Å². The molecule has 158 valence electrons. The Kier molecular flexibility index (Phi) is 6.85. The quantitative estimate of drug-likeness (QED) is 0.687. The molecule has 2 aromatic carbocycles. The Hall–Kier alpha value is -2.26. The van der Waals surface area contributed by atoms with Crippen molar-refractivity contribution in [1.82, 2.24) is 0 Å². The van der Waals surface area contributed by atoms with Crippen LogP contribution in [0.2, 0.25) is 5.02 Å². The van der Waals surface area contributed by atoms with Gasteiger partial charge in [-0.2, -0.15) is 13.2 Å². The Balaban J connectivity index is 2.40. The maximum atomic E-state index is 12.9. The van der Waals surface area contributed by atoms with E-state index in [-0.39, 0.29) is 17.8 Å². The van der Waals surface area contributed by atoms with E-state index in [9.17, 15) is 26.4 Å². The number of nitrogens with zero attached hydrogens (tertiary/aromatic N) is 1. The van der Waals surface area contributed by atoms with E-state index in [4.69, 9.17) is 11.6 Å². The smallest absolute Gasteiger partial charge is 0.324 e. The standard InChI is InChI=1S/C19H20ClF3N2O3S/c1-4-17(18(26)24-14-7-5-6-13(10-14)19(21,22)23)25(29(3,27)28)15-9-8-12(2)16(20)11-15/h5-11,17H,4H2,1-3H3,(H,24,26). The van der Waals surface area contributed by atoms with Crippen LogP contribution in [0.1, 0.15) is 24.5 Å². The summed E-state index contributed by atoms with van der Waals surface area (Å²) in [5.74, 6) is -0.756. The van der Waals surface area contributed by atoms with Gasteiger partial charge in [0.15, 0.2) is 0 Å². The highest BCUT2D eigenvalue weighted by atomic mass is 35.5. The summed E-state index contributed by atoms with van der Waals surface area (Å²) >= 11 is 6.10. The number of anilines is 2. The molecule has 1 atom stereocenters. The largest absolute Gasteiger partial charge is 0.416 e. The van der Waals surface area contributed by atoms with Gasteiger partial charge in [0.1, 0.15) is 6.04 Å². The molecular weight excluding hydrogens is 429 g/mol. The van der Waals surface area contributed by atoms with Gasteiger partial charge >= 0.3 is 6.18 Å². The van der Waals surface area contributed by atoms with Gasteiger partial charge in [0.05, 0.1) is 17.5 Å². The van der Waals surface area contributed by atoms with Gasteiger partial charge in [0, 0.05) is 10.7 Å². The van der Waals surface area contributed by atoms with Crippen LogP contribution in [-0.2, 0) is 21.0 Å². The van der Waals surface area contributed by atoms with Crippen molar-refractivity contribution in [1.29, 1.82) is 0 Å². The van der Waals surface area contributed by atoms with Gasteiger partial charge in [0.25, 0.3) is 0 Å². The Labute approximate surface area is 172 Å². The molecule has 0 heterocycles. The minimum absolute atomic E-state index is 0.0846. The average molecular weight is 449 g/mol. The summed E-state index contributed by atoms with van der Waals surface area (Å²) in [5, 5.41) is 2.70. The first kappa shape index (κ1) is 23.0. The Morgan fingerprint density at radius 3 is 2.38 bits per heavy atom. The second kappa shape index (κ2) is 8.62. The van der Waals surface area contributed by atoms with Gasteiger partial charge in [0.2, 0.25) is 15.9 Å². The number of rotatable bonds is 6. The van der Waals surface area contributed by atoms with E-state index in [1.807, 2.05) is 0 Å². The van der Waals surface area contributed by atoms with Gasteiger partial charge in [-0.25, -0.2) is 8.42 Å². The third-order valence-electron chi connectivity index (χ3n) is 4.20. The Morgan fingerprint density at radius 2 is 1.86 bits per heavy atom.